The van der Waals surface area contributed by atoms with E-state index in [0.717, 1.165) is 67.5 Å². The predicted molar refractivity (Wildman–Crippen MR) is 155 cm³/mol. The molecule has 0 atom stereocenters. The first-order valence-electron chi connectivity index (χ1n) is 11.7. The summed E-state index contributed by atoms with van der Waals surface area (Å²) < 4.78 is 2.84. The molecular weight excluding hydrogens is 589 g/mol. The third-order valence-electron chi connectivity index (χ3n) is 6.35. The average molecular weight is 616 g/mol. The van der Waals surface area contributed by atoms with Crippen LogP contribution in [0.4, 0.5) is 5.69 Å². The van der Waals surface area contributed by atoms with E-state index in [0.29, 0.717) is 5.16 Å². The number of aromatic nitrogens is 2. The number of thiophene rings is 1. The molecule has 1 aliphatic carbocycles. The van der Waals surface area contributed by atoms with Crippen LogP contribution in [0.1, 0.15) is 40.0 Å². The van der Waals surface area contributed by atoms with Crippen LogP contribution in [0.5, 0.6) is 0 Å². The summed E-state index contributed by atoms with van der Waals surface area (Å²) in [5.74, 6) is 0.0469. The summed E-state index contributed by atoms with van der Waals surface area (Å²) in [5.41, 5.74) is 5.94. The second kappa shape index (κ2) is 10.1. The lowest BCUT2D eigenvalue weighted by molar-refractivity contribution is -0.113. The van der Waals surface area contributed by atoms with Crippen LogP contribution in [0, 0.1) is 24.3 Å². The molecule has 0 saturated carbocycles. The zero-order valence-electron chi connectivity index (χ0n) is 19.9. The van der Waals surface area contributed by atoms with Gasteiger partial charge in [-0.15, -0.1) is 11.3 Å². The van der Waals surface area contributed by atoms with Gasteiger partial charge in [0, 0.05) is 14.1 Å². The zero-order valence-corrected chi connectivity index (χ0v) is 23.7. The second-order valence-corrected chi connectivity index (χ2v) is 12.3. The highest BCUT2D eigenvalue weighted by atomic mass is 127. The molecule has 1 aliphatic rings. The van der Waals surface area contributed by atoms with E-state index in [1.54, 1.807) is 15.9 Å². The normalized spacial score (nSPS) is 13.1. The Kier molecular flexibility index (Phi) is 7.05. The van der Waals surface area contributed by atoms with Crippen LogP contribution < -0.4 is 10.9 Å². The number of thioether (sulfide) groups is 1. The highest BCUT2D eigenvalue weighted by Crippen LogP contribution is 2.35. The first kappa shape index (κ1) is 24.5. The Morgan fingerprint density at radius 2 is 1.91 bits per heavy atom. The number of fused-ring (bicyclic) bond motifs is 3. The van der Waals surface area contributed by atoms with Gasteiger partial charge in [-0.3, -0.25) is 14.2 Å². The summed E-state index contributed by atoms with van der Waals surface area (Å²) in [5, 5.41) is 4.32. The van der Waals surface area contributed by atoms with Crippen molar-refractivity contribution in [3.8, 4) is 5.69 Å². The molecule has 0 radical (unpaired) electrons. The van der Waals surface area contributed by atoms with Gasteiger partial charge in [0.1, 0.15) is 4.83 Å². The predicted octanol–water partition coefficient (Wildman–Crippen LogP) is 6.59. The molecular formula is C27H26IN3O2S2. The first-order chi connectivity index (χ1) is 16.8. The number of carbonyl (C=O) groups is 1. The van der Waals surface area contributed by atoms with Gasteiger partial charge in [-0.05, 0) is 110 Å². The van der Waals surface area contributed by atoms with Crippen molar-refractivity contribution in [1.82, 2.24) is 9.55 Å². The van der Waals surface area contributed by atoms with Crippen LogP contribution >= 0.6 is 45.7 Å². The minimum Gasteiger partial charge on any atom is -0.325 e. The quantitative estimate of drug-likeness (QED) is 0.156. The average Bonchev–Trinajstić information content (AvgIpc) is 3.19. The highest BCUT2D eigenvalue weighted by Gasteiger charge is 2.24. The molecule has 5 rings (SSSR count). The molecule has 8 heteroatoms. The minimum absolute atomic E-state index is 0.0299. The van der Waals surface area contributed by atoms with Crippen LogP contribution in [-0.4, -0.2) is 21.2 Å². The maximum absolute atomic E-state index is 13.9. The number of aryl methyl sites for hydroxylation is 5. The molecule has 180 valence electrons. The molecule has 35 heavy (non-hydrogen) atoms. The molecule has 0 aliphatic heterocycles. The molecule has 0 bridgehead atoms. The zero-order chi connectivity index (χ0) is 24.7. The van der Waals surface area contributed by atoms with Crippen molar-refractivity contribution >= 4 is 67.5 Å². The molecule has 2 aromatic carbocycles. The summed E-state index contributed by atoms with van der Waals surface area (Å²) in [6.45, 7) is 6.04. The fourth-order valence-electron chi connectivity index (χ4n) is 4.64. The van der Waals surface area contributed by atoms with Crippen molar-refractivity contribution in [3.63, 3.8) is 0 Å². The number of hydrogen-bond donors (Lipinski definition) is 1. The number of amides is 1. The maximum Gasteiger partial charge on any atom is 0.267 e. The third kappa shape index (κ3) is 4.93. The Hall–Kier alpha value is -2.17. The van der Waals surface area contributed by atoms with Gasteiger partial charge in [0.15, 0.2) is 5.16 Å². The summed E-state index contributed by atoms with van der Waals surface area (Å²) in [4.78, 5) is 33.8. The van der Waals surface area contributed by atoms with Crippen LogP contribution in [-0.2, 0) is 17.6 Å². The number of benzene rings is 2. The SMILES string of the molecule is Cc1ccc(-n2c(SCC(=O)Nc3ccc(I)cc3C)nc3sc4c(c3c2=O)CCCC4)c(C)c1. The lowest BCUT2D eigenvalue weighted by Gasteiger charge is -2.16. The molecule has 0 fully saturated rings. The molecule has 2 heterocycles. The van der Waals surface area contributed by atoms with Crippen molar-refractivity contribution in [2.75, 3.05) is 11.1 Å². The van der Waals surface area contributed by atoms with Gasteiger partial charge < -0.3 is 5.32 Å². The maximum atomic E-state index is 13.9. The Morgan fingerprint density at radius 3 is 2.69 bits per heavy atom. The lowest BCUT2D eigenvalue weighted by atomic mass is 9.97. The van der Waals surface area contributed by atoms with Crippen molar-refractivity contribution in [1.29, 1.82) is 0 Å². The first-order valence-corrected chi connectivity index (χ1v) is 14.5. The van der Waals surface area contributed by atoms with E-state index < -0.39 is 0 Å². The van der Waals surface area contributed by atoms with Crippen molar-refractivity contribution in [2.24, 2.45) is 0 Å². The molecule has 0 saturated heterocycles. The monoisotopic (exact) mass is 615 g/mol. The number of hydrogen-bond acceptors (Lipinski definition) is 5. The number of nitrogens with zero attached hydrogens (tertiary/aromatic N) is 2. The molecule has 1 amide bonds. The third-order valence-corrected chi connectivity index (χ3v) is 9.14. The number of halogens is 1. The van der Waals surface area contributed by atoms with Gasteiger partial charge in [0.25, 0.3) is 5.56 Å². The van der Waals surface area contributed by atoms with E-state index in [1.165, 1.54) is 22.2 Å². The van der Waals surface area contributed by atoms with E-state index in [-0.39, 0.29) is 17.2 Å². The molecule has 5 nitrogen and oxygen atoms in total. The van der Waals surface area contributed by atoms with Gasteiger partial charge >= 0.3 is 0 Å². The van der Waals surface area contributed by atoms with E-state index in [4.69, 9.17) is 4.98 Å². The number of nitrogens with one attached hydrogen (secondary N) is 1. The summed E-state index contributed by atoms with van der Waals surface area (Å²) >= 11 is 5.21. The fourth-order valence-corrected chi connectivity index (χ4v) is 7.39. The van der Waals surface area contributed by atoms with E-state index >= 15 is 0 Å². The number of anilines is 1. The Balaban J connectivity index is 1.54. The Bertz CT molecular complexity index is 1520. The van der Waals surface area contributed by atoms with Crippen LogP contribution in [0.2, 0.25) is 0 Å². The van der Waals surface area contributed by atoms with E-state index in [2.05, 4.69) is 34.0 Å². The Morgan fingerprint density at radius 1 is 1.11 bits per heavy atom. The standard InChI is InChI=1S/C27H26IN3O2S2/c1-15-8-11-21(17(3)12-15)31-26(33)24-19-6-4-5-7-22(19)35-25(24)30-27(31)34-14-23(32)29-20-10-9-18(28)13-16(20)2/h8-13H,4-7,14H2,1-3H3,(H,29,32). The summed E-state index contributed by atoms with van der Waals surface area (Å²) in [6.07, 6.45) is 4.21. The van der Waals surface area contributed by atoms with Crippen molar-refractivity contribution in [2.45, 2.75) is 51.6 Å². The molecule has 0 spiro atoms. The van der Waals surface area contributed by atoms with Crippen molar-refractivity contribution in [3.05, 3.63) is 77.5 Å². The van der Waals surface area contributed by atoms with Gasteiger partial charge in [-0.2, -0.15) is 0 Å². The van der Waals surface area contributed by atoms with Gasteiger partial charge in [-0.1, -0.05) is 29.5 Å². The number of carbonyl (C=O) groups excluding carboxylic acids is 1. The second-order valence-electron chi connectivity index (χ2n) is 9.01. The van der Waals surface area contributed by atoms with Crippen LogP contribution in [0.15, 0.2) is 46.3 Å². The van der Waals surface area contributed by atoms with Gasteiger partial charge in [0.2, 0.25) is 5.91 Å². The van der Waals surface area contributed by atoms with E-state index in [9.17, 15) is 9.59 Å². The topological polar surface area (TPSA) is 64.0 Å². The minimum atomic E-state index is -0.119. The molecule has 2 aromatic heterocycles. The van der Waals surface area contributed by atoms with Crippen LogP contribution in [0.3, 0.4) is 0 Å². The van der Waals surface area contributed by atoms with Crippen molar-refractivity contribution < 1.29 is 4.79 Å². The van der Waals surface area contributed by atoms with Crippen LogP contribution in [0.25, 0.3) is 15.9 Å². The molecule has 1 N–H and O–H groups in total. The molecule has 0 unspecified atom stereocenters. The fraction of sp³-hybridized carbons (Fsp3) is 0.296. The smallest absolute Gasteiger partial charge is 0.267 e. The summed E-state index contributed by atoms with van der Waals surface area (Å²) in [6, 6.07) is 12.0. The number of rotatable bonds is 5. The van der Waals surface area contributed by atoms with Gasteiger partial charge in [0.05, 0.1) is 16.8 Å². The lowest BCUT2D eigenvalue weighted by Crippen LogP contribution is -2.24. The Labute approximate surface area is 226 Å². The van der Waals surface area contributed by atoms with Gasteiger partial charge in [-0.25, -0.2) is 4.98 Å². The largest absolute Gasteiger partial charge is 0.325 e. The molecule has 4 aromatic rings. The van der Waals surface area contributed by atoms with E-state index in [1.807, 2.05) is 51.1 Å². The summed E-state index contributed by atoms with van der Waals surface area (Å²) in [7, 11) is 0. The highest BCUT2D eigenvalue weighted by molar-refractivity contribution is 14.1.